The molecule has 1 N–H and O–H groups in total. The molecule has 0 aliphatic rings. The van der Waals surface area contributed by atoms with Crippen molar-refractivity contribution in [1.29, 1.82) is 0 Å². The van der Waals surface area contributed by atoms with Gasteiger partial charge in [0.05, 0.1) is 11.3 Å². The number of hydrogen-bond donors (Lipinski definition) is 1. The Hall–Kier alpha value is -1.69. The predicted molar refractivity (Wildman–Crippen MR) is 56.0 cm³/mol. The van der Waals surface area contributed by atoms with Gasteiger partial charge in [-0.3, -0.25) is 0 Å². The molecule has 0 atom stereocenters. The Bertz CT molecular complexity index is 496. The summed E-state index contributed by atoms with van der Waals surface area (Å²) in [5, 5.41) is 12.8. The van der Waals surface area contributed by atoms with Gasteiger partial charge in [-0.2, -0.15) is 5.10 Å². The van der Waals surface area contributed by atoms with E-state index in [1.54, 1.807) is 6.07 Å². The highest BCUT2D eigenvalue weighted by atomic mass is 79.9. The van der Waals surface area contributed by atoms with E-state index in [0.717, 1.165) is 0 Å². The van der Waals surface area contributed by atoms with Gasteiger partial charge in [0.25, 0.3) is 0 Å². The number of hydrogen-bond acceptors (Lipinski definition) is 3. The van der Waals surface area contributed by atoms with Gasteiger partial charge in [0, 0.05) is 4.47 Å². The molecular formula is C9H6BrN3O2. The molecule has 1 heterocycles. The first-order chi connectivity index (χ1) is 7.16. The summed E-state index contributed by atoms with van der Waals surface area (Å²) < 4.78 is 2.19. The van der Waals surface area contributed by atoms with Gasteiger partial charge in [-0.15, -0.1) is 0 Å². The van der Waals surface area contributed by atoms with Gasteiger partial charge in [-0.05, 0) is 18.2 Å². The smallest absolute Gasteiger partial charge is 0.335 e. The van der Waals surface area contributed by atoms with Crippen molar-refractivity contribution in [2.75, 3.05) is 0 Å². The fraction of sp³-hybridized carbons (Fsp3) is 0. The summed E-state index contributed by atoms with van der Waals surface area (Å²) in [5.74, 6) is -0.974. The van der Waals surface area contributed by atoms with Crippen LogP contribution in [0.1, 0.15) is 10.4 Å². The largest absolute Gasteiger partial charge is 0.478 e. The minimum Gasteiger partial charge on any atom is -0.478 e. The first-order valence-corrected chi connectivity index (χ1v) is 4.85. The number of rotatable bonds is 2. The number of carboxylic acids is 1. The number of aromatic carboxylic acids is 1. The number of carbonyl (C=O) groups is 1. The first-order valence-electron chi connectivity index (χ1n) is 4.06. The van der Waals surface area contributed by atoms with E-state index in [1.807, 2.05) is 0 Å². The van der Waals surface area contributed by atoms with Crippen molar-refractivity contribution in [2.24, 2.45) is 0 Å². The zero-order valence-corrected chi connectivity index (χ0v) is 9.05. The molecule has 0 fully saturated rings. The molecule has 1 aromatic carbocycles. The normalized spacial score (nSPS) is 10.2. The van der Waals surface area contributed by atoms with Crippen LogP contribution in [0.25, 0.3) is 5.69 Å². The van der Waals surface area contributed by atoms with Crippen LogP contribution < -0.4 is 0 Å². The molecule has 5 nitrogen and oxygen atoms in total. The topological polar surface area (TPSA) is 68.0 Å². The van der Waals surface area contributed by atoms with E-state index in [2.05, 4.69) is 26.0 Å². The third kappa shape index (κ3) is 2.04. The second-order valence-corrected chi connectivity index (χ2v) is 3.76. The molecule has 0 bridgehead atoms. The molecular weight excluding hydrogens is 262 g/mol. The van der Waals surface area contributed by atoms with Crippen LogP contribution in [0, 0.1) is 0 Å². The SMILES string of the molecule is O=C(O)c1cc(Br)cc(-n2cncn2)c1. The maximum atomic E-state index is 10.8. The first kappa shape index (κ1) is 9.85. The number of nitrogens with zero attached hydrogens (tertiary/aromatic N) is 3. The Morgan fingerprint density at radius 3 is 2.80 bits per heavy atom. The second kappa shape index (κ2) is 3.82. The zero-order chi connectivity index (χ0) is 10.8. The zero-order valence-electron chi connectivity index (χ0n) is 7.46. The van der Waals surface area contributed by atoms with Crippen LogP contribution in [0.3, 0.4) is 0 Å². The Morgan fingerprint density at radius 1 is 1.40 bits per heavy atom. The van der Waals surface area contributed by atoms with Crippen LogP contribution in [-0.2, 0) is 0 Å². The van der Waals surface area contributed by atoms with Gasteiger partial charge in [0.15, 0.2) is 0 Å². The van der Waals surface area contributed by atoms with Crippen molar-refractivity contribution < 1.29 is 9.90 Å². The van der Waals surface area contributed by atoms with Crippen molar-refractivity contribution in [3.05, 3.63) is 40.9 Å². The van der Waals surface area contributed by atoms with Gasteiger partial charge < -0.3 is 5.11 Å². The fourth-order valence-corrected chi connectivity index (χ4v) is 1.65. The van der Waals surface area contributed by atoms with E-state index in [0.29, 0.717) is 10.2 Å². The van der Waals surface area contributed by atoms with Crippen LogP contribution in [0.4, 0.5) is 0 Å². The lowest BCUT2D eigenvalue weighted by molar-refractivity contribution is 0.0697. The van der Waals surface area contributed by atoms with Crippen LogP contribution in [-0.4, -0.2) is 25.8 Å². The third-order valence-electron chi connectivity index (χ3n) is 1.81. The van der Waals surface area contributed by atoms with Crippen molar-refractivity contribution >= 4 is 21.9 Å². The summed E-state index contributed by atoms with van der Waals surface area (Å²) in [6.07, 6.45) is 2.90. The number of aromatic nitrogens is 3. The molecule has 15 heavy (non-hydrogen) atoms. The molecule has 2 aromatic rings. The fourth-order valence-electron chi connectivity index (χ4n) is 1.17. The van der Waals surface area contributed by atoms with Crippen LogP contribution in [0.2, 0.25) is 0 Å². The van der Waals surface area contributed by atoms with Gasteiger partial charge in [0.2, 0.25) is 0 Å². The second-order valence-electron chi connectivity index (χ2n) is 2.84. The number of halogens is 1. The summed E-state index contributed by atoms with van der Waals surface area (Å²) in [5.41, 5.74) is 0.856. The molecule has 0 saturated heterocycles. The molecule has 6 heteroatoms. The van der Waals surface area contributed by atoms with E-state index < -0.39 is 5.97 Å². The predicted octanol–water partition coefficient (Wildman–Crippen LogP) is 1.73. The van der Waals surface area contributed by atoms with Gasteiger partial charge >= 0.3 is 5.97 Å². The average molecular weight is 268 g/mol. The molecule has 0 aliphatic heterocycles. The molecule has 76 valence electrons. The highest BCUT2D eigenvalue weighted by Crippen LogP contribution is 2.18. The van der Waals surface area contributed by atoms with Gasteiger partial charge in [-0.25, -0.2) is 14.5 Å². The van der Waals surface area contributed by atoms with Crippen LogP contribution in [0.5, 0.6) is 0 Å². The van der Waals surface area contributed by atoms with E-state index in [-0.39, 0.29) is 5.56 Å². The average Bonchev–Trinajstić information content (AvgIpc) is 2.69. The highest BCUT2D eigenvalue weighted by Gasteiger charge is 2.07. The van der Waals surface area contributed by atoms with Crippen molar-refractivity contribution in [3.8, 4) is 5.69 Å². The van der Waals surface area contributed by atoms with Crippen molar-refractivity contribution in [1.82, 2.24) is 14.8 Å². The van der Waals surface area contributed by atoms with E-state index in [9.17, 15) is 4.79 Å². The lowest BCUT2D eigenvalue weighted by Gasteiger charge is -2.03. The van der Waals surface area contributed by atoms with E-state index in [1.165, 1.54) is 29.5 Å². The maximum absolute atomic E-state index is 10.8. The summed E-state index contributed by atoms with van der Waals surface area (Å²) in [4.78, 5) is 14.6. The quantitative estimate of drug-likeness (QED) is 0.900. The summed E-state index contributed by atoms with van der Waals surface area (Å²) in [7, 11) is 0. The Kier molecular flexibility index (Phi) is 2.51. The minimum absolute atomic E-state index is 0.204. The van der Waals surface area contributed by atoms with Gasteiger partial charge in [0.1, 0.15) is 12.7 Å². The van der Waals surface area contributed by atoms with E-state index in [4.69, 9.17) is 5.11 Å². The molecule has 0 aliphatic carbocycles. The number of carboxylic acid groups (broad SMARTS) is 1. The molecule has 0 unspecified atom stereocenters. The van der Waals surface area contributed by atoms with E-state index >= 15 is 0 Å². The molecule has 0 saturated carbocycles. The van der Waals surface area contributed by atoms with Crippen molar-refractivity contribution in [3.63, 3.8) is 0 Å². The maximum Gasteiger partial charge on any atom is 0.335 e. The molecule has 0 radical (unpaired) electrons. The molecule has 0 amide bonds. The van der Waals surface area contributed by atoms with Crippen LogP contribution in [0.15, 0.2) is 35.3 Å². The Balaban J connectivity index is 2.54. The summed E-state index contributed by atoms with van der Waals surface area (Å²) in [6, 6.07) is 4.83. The van der Waals surface area contributed by atoms with Gasteiger partial charge in [-0.1, -0.05) is 15.9 Å². The monoisotopic (exact) mass is 267 g/mol. The molecule has 0 spiro atoms. The lowest BCUT2D eigenvalue weighted by atomic mass is 10.2. The number of benzene rings is 1. The molecule has 2 rings (SSSR count). The Labute approximate surface area is 93.5 Å². The highest BCUT2D eigenvalue weighted by molar-refractivity contribution is 9.10. The minimum atomic E-state index is -0.974. The standard InChI is InChI=1S/C9H6BrN3O2/c10-7-1-6(9(14)15)2-8(3-7)13-5-11-4-12-13/h1-5H,(H,14,15). The Morgan fingerprint density at radius 2 is 2.20 bits per heavy atom. The third-order valence-corrected chi connectivity index (χ3v) is 2.27. The summed E-state index contributed by atoms with van der Waals surface area (Å²) in [6.45, 7) is 0. The lowest BCUT2D eigenvalue weighted by Crippen LogP contribution is -2.00. The van der Waals surface area contributed by atoms with Crippen LogP contribution >= 0.6 is 15.9 Å². The molecule has 1 aromatic heterocycles. The summed E-state index contributed by atoms with van der Waals surface area (Å²) >= 11 is 3.24. The van der Waals surface area contributed by atoms with Crippen molar-refractivity contribution in [2.45, 2.75) is 0 Å².